The van der Waals surface area contributed by atoms with Gasteiger partial charge in [-0.05, 0) is 37.8 Å². The van der Waals surface area contributed by atoms with Crippen molar-refractivity contribution in [1.29, 1.82) is 0 Å². The topological polar surface area (TPSA) is 58.6 Å². The number of aromatic carboxylic acids is 1. The van der Waals surface area contributed by atoms with E-state index in [1.165, 1.54) is 11.3 Å². The zero-order valence-corrected chi connectivity index (χ0v) is 11.3. The molecule has 0 atom stereocenters. The molecule has 1 aromatic heterocycles. The van der Waals surface area contributed by atoms with Crippen LogP contribution in [0.2, 0.25) is 0 Å². The summed E-state index contributed by atoms with van der Waals surface area (Å²) in [6.45, 7) is 7.90. The molecule has 0 aliphatic heterocycles. The molecule has 0 aromatic carbocycles. The first-order valence-electron chi connectivity index (χ1n) is 5.60. The van der Waals surface area contributed by atoms with E-state index in [1.54, 1.807) is 5.38 Å². The van der Waals surface area contributed by atoms with Gasteiger partial charge in [0.15, 0.2) is 0 Å². The molecular weight excluding hydrogens is 238 g/mol. The molecule has 0 bridgehead atoms. The highest BCUT2D eigenvalue weighted by Crippen LogP contribution is 2.16. The average molecular weight is 257 g/mol. The van der Waals surface area contributed by atoms with Crippen LogP contribution in [0.5, 0.6) is 0 Å². The first kappa shape index (κ1) is 14.2. The van der Waals surface area contributed by atoms with Crippen LogP contribution in [0.25, 0.3) is 0 Å². The maximum atomic E-state index is 10.9. The summed E-state index contributed by atoms with van der Waals surface area (Å²) in [5, 5.41) is 14.0. The van der Waals surface area contributed by atoms with Gasteiger partial charge in [-0.2, -0.15) is 0 Å². The lowest BCUT2D eigenvalue weighted by atomic mass is 10.1. The zero-order chi connectivity index (χ0) is 12.9. The van der Waals surface area contributed by atoms with E-state index in [2.05, 4.69) is 5.32 Å². The summed E-state index contributed by atoms with van der Waals surface area (Å²) in [7, 11) is 0. The molecular formula is C12H19NO3S. The maximum Gasteiger partial charge on any atom is 0.346 e. The van der Waals surface area contributed by atoms with Crippen molar-refractivity contribution in [2.45, 2.75) is 32.9 Å². The Balaban J connectivity index is 2.46. The molecule has 5 heteroatoms. The minimum absolute atomic E-state index is 0.228. The number of hydrogen-bond acceptors (Lipinski definition) is 4. The van der Waals surface area contributed by atoms with Crippen molar-refractivity contribution in [3.05, 3.63) is 21.9 Å². The van der Waals surface area contributed by atoms with Crippen LogP contribution in [0.4, 0.5) is 0 Å². The molecule has 0 aliphatic rings. The molecule has 0 radical (unpaired) electrons. The summed E-state index contributed by atoms with van der Waals surface area (Å²) in [6, 6.07) is 1.84. The molecule has 96 valence electrons. The lowest BCUT2D eigenvalue weighted by Gasteiger charge is -2.25. The molecule has 0 aliphatic carbocycles. The Morgan fingerprint density at radius 3 is 2.88 bits per heavy atom. The highest BCUT2D eigenvalue weighted by Gasteiger charge is 2.17. The van der Waals surface area contributed by atoms with E-state index in [4.69, 9.17) is 9.84 Å². The second-order valence-electron chi connectivity index (χ2n) is 4.38. The van der Waals surface area contributed by atoms with E-state index in [-0.39, 0.29) is 5.60 Å². The Hall–Kier alpha value is -0.910. The lowest BCUT2D eigenvalue weighted by molar-refractivity contribution is -0.00897. The van der Waals surface area contributed by atoms with Gasteiger partial charge in [-0.3, -0.25) is 0 Å². The highest BCUT2D eigenvalue weighted by atomic mass is 32.1. The van der Waals surface area contributed by atoms with Crippen LogP contribution in [0.15, 0.2) is 11.4 Å². The number of carbonyl (C=O) groups is 1. The molecule has 4 nitrogen and oxygen atoms in total. The second-order valence-corrected chi connectivity index (χ2v) is 5.29. The fourth-order valence-corrected chi connectivity index (χ4v) is 2.36. The number of carboxylic acids is 1. The van der Waals surface area contributed by atoms with E-state index in [0.29, 0.717) is 24.6 Å². The second kappa shape index (κ2) is 6.14. The van der Waals surface area contributed by atoms with E-state index >= 15 is 0 Å². The van der Waals surface area contributed by atoms with Crippen LogP contribution < -0.4 is 5.32 Å². The normalized spacial score (nSPS) is 11.7. The molecule has 1 aromatic rings. The van der Waals surface area contributed by atoms with Crippen molar-refractivity contribution in [3.63, 3.8) is 0 Å². The van der Waals surface area contributed by atoms with E-state index < -0.39 is 5.97 Å². The Labute approximate surface area is 106 Å². The van der Waals surface area contributed by atoms with Gasteiger partial charge < -0.3 is 15.2 Å². The summed E-state index contributed by atoms with van der Waals surface area (Å²) >= 11 is 1.26. The fraction of sp³-hybridized carbons (Fsp3) is 0.583. The van der Waals surface area contributed by atoms with Gasteiger partial charge in [0, 0.05) is 19.7 Å². The zero-order valence-electron chi connectivity index (χ0n) is 10.4. The first-order valence-corrected chi connectivity index (χ1v) is 6.48. The molecule has 1 rings (SSSR count). The minimum atomic E-state index is -0.860. The summed E-state index contributed by atoms with van der Waals surface area (Å²) in [5.74, 6) is -0.860. The number of hydrogen-bond donors (Lipinski definition) is 2. The van der Waals surface area contributed by atoms with Crippen molar-refractivity contribution < 1.29 is 14.6 Å². The molecule has 0 amide bonds. The number of thiophene rings is 1. The van der Waals surface area contributed by atoms with Gasteiger partial charge in [-0.25, -0.2) is 4.79 Å². The molecule has 17 heavy (non-hydrogen) atoms. The predicted octanol–water partition coefficient (Wildman–Crippen LogP) is 2.35. The van der Waals surface area contributed by atoms with E-state index in [0.717, 1.165) is 5.56 Å². The summed E-state index contributed by atoms with van der Waals surface area (Å²) < 4.78 is 5.55. The van der Waals surface area contributed by atoms with Crippen LogP contribution >= 0.6 is 11.3 Å². The molecule has 0 unspecified atom stereocenters. The van der Waals surface area contributed by atoms with Crippen LogP contribution in [-0.2, 0) is 11.3 Å². The third-order valence-corrected chi connectivity index (χ3v) is 3.29. The van der Waals surface area contributed by atoms with Crippen molar-refractivity contribution in [2.24, 2.45) is 0 Å². The van der Waals surface area contributed by atoms with Crippen molar-refractivity contribution in [1.82, 2.24) is 5.32 Å². The monoisotopic (exact) mass is 257 g/mol. The van der Waals surface area contributed by atoms with Gasteiger partial charge in [-0.15, -0.1) is 11.3 Å². The first-order chi connectivity index (χ1) is 7.96. The predicted molar refractivity (Wildman–Crippen MR) is 68.7 cm³/mol. The Kier molecular flexibility index (Phi) is 5.11. The largest absolute Gasteiger partial charge is 0.477 e. The molecule has 2 N–H and O–H groups in total. The lowest BCUT2D eigenvalue weighted by Crippen LogP contribution is -2.37. The van der Waals surface area contributed by atoms with Gasteiger partial charge in [0.1, 0.15) is 4.88 Å². The van der Waals surface area contributed by atoms with E-state index in [9.17, 15) is 4.79 Å². The fourth-order valence-electron chi connectivity index (χ4n) is 1.60. The van der Waals surface area contributed by atoms with Crippen LogP contribution in [0.3, 0.4) is 0 Å². The quantitative estimate of drug-likeness (QED) is 0.787. The molecule has 1 heterocycles. The average Bonchev–Trinajstić information content (AvgIpc) is 2.65. The Morgan fingerprint density at radius 2 is 2.29 bits per heavy atom. The summed E-state index contributed by atoms with van der Waals surface area (Å²) in [6.07, 6.45) is 0. The van der Waals surface area contributed by atoms with Crippen LogP contribution in [0, 0.1) is 0 Å². The van der Waals surface area contributed by atoms with Crippen LogP contribution in [0.1, 0.15) is 36.0 Å². The van der Waals surface area contributed by atoms with Gasteiger partial charge in [-0.1, -0.05) is 0 Å². The number of ether oxygens (including phenoxy) is 1. The van der Waals surface area contributed by atoms with Gasteiger partial charge in [0.2, 0.25) is 0 Å². The van der Waals surface area contributed by atoms with Gasteiger partial charge in [0.25, 0.3) is 0 Å². The Bertz CT molecular complexity index is 374. The smallest absolute Gasteiger partial charge is 0.346 e. The van der Waals surface area contributed by atoms with Crippen molar-refractivity contribution in [2.75, 3.05) is 13.2 Å². The Morgan fingerprint density at radius 1 is 1.59 bits per heavy atom. The van der Waals surface area contributed by atoms with E-state index in [1.807, 2.05) is 26.8 Å². The maximum absolute atomic E-state index is 10.9. The van der Waals surface area contributed by atoms with Gasteiger partial charge in [0.05, 0.1) is 5.60 Å². The van der Waals surface area contributed by atoms with Crippen LogP contribution in [-0.4, -0.2) is 29.8 Å². The van der Waals surface area contributed by atoms with Crippen molar-refractivity contribution >= 4 is 17.3 Å². The molecule has 0 saturated carbocycles. The number of nitrogens with one attached hydrogen (secondary N) is 1. The standard InChI is InChI=1S/C12H19NO3S/c1-4-16-12(2,3)8-13-7-9-5-6-17-10(9)11(14)15/h5-6,13H,4,7-8H2,1-3H3,(H,14,15). The van der Waals surface area contributed by atoms with Crippen molar-refractivity contribution in [3.8, 4) is 0 Å². The highest BCUT2D eigenvalue weighted by molar-refractivity contribution is 7.12. The van der Waals surface area contributed by atoms with Gasteiger partial charge >= 0.3 is 5.97 Å². The SMILES string of the molecule is CCOC(C)(C)CNCc1ccsc1C(=O)O. The molecule has 0 spiro atoms. The minimum Gasteiger partial charge on any atom is -0.477 e. The number of carboxylic acid groups (broad SMARTS) is 1. The third kappa shape index (κ3) is 4.46. The molecule has 0 saturated heterocycles. The summed E-state index contributed by atoms with van der Waals surface area (Å²) in [4.78, 5) is 11.3. The number of rotatable bonds is 7. The summed E-state index contributed by atoms with van der Waals surface area (Å²) in [5.41, 5.74) is 0.600. The molecule has 0 fully saturated rings. The third-order valence-electron chi connectivity index (χ3n) is 2.34.